The van der Waals surface area contributed by atoms with Gasteiger partial charge in [0.25, 0.3) is 5.91 Å². The van der Waals surface area contributed by atoms with Gasteiger partial charge in [0.1, 0.15) is 19.0 Å². The van der Waals surface area contributed by atoms with Crippen LogP contribution in [0.25, 0.3) is 0 Å². The lowest BCUT2D eigenvalue weighted by Crippen LogP contribution is -2.50. The number of hydrogen-bond donors (Lipinski definition) is 0. The molecular formula is C33H55NO7Si. The summed E-state index contributed by atoms with van der Waals surface area (Å²) in [5, 5.41) is 0. The molecule has 0 radical (unpaired) electrons. The first-order chi connectivity index (χ1) is 19.8. The molecule has 1 saturated heterocycles. The van der Waals surface area contributed by atoms with Gasteiger partial charge in [0, 0.05) is 12.5 Å². The van der Waals surface area contributed by atoms with Crippen LogP contribution in [0.1, 0.15) is 74.3 Å². The van der Waals surface area contributed by atoms with E-state index in [1.165, 1.54) is 4.90 Å². The molecule has 238 valence electrons. The second-order valence-corrected chi connectivity index (χ2v) is 18.2. The van der Waals surface area contributed by atoms with Gasteiger partial charge in [-0.2, -0.15) is 0 Å². The molecular weight excluding hydrogens is 550 g/mol. The number of benzene rings is 1. The molecule has 1 aliphatic rings. The van der Waals surface area contributed by atoms with E-state index < -0.39 is 26.4 Å². The molecule has 0 spiro atoms. The molecule has 1 aromatic rings. The van der Waals surface area contributed by atoms with Gasteiger partial charge in [-0.25, -0.2) is 9.69 Å². The zero-order valence-electron chi connectivity index (χ0n) is 27.6. The van der Waals surface area contributed by atoms with Crippen molar-refractivity contribution in [2.24, 2.45) is 11.8 Å². The maximum atomic E-state index is 13.3. The quantitative estimate of drug-likeness (QED) is 0.128. The fourth-order valence-electron chi connectivity index (χ4n) is 6.35. The highest BCUT2D eigenvalue weighted by Gasteiger charge is 2.46. The molecule has 42 heavy (non-hydrogen) atoms. The maximum absolute atomic E-state index is 13.3. The van der Waals surface area contributed by atoms with Crippen molar-refractivity contribution < 1.29 is 33.0 Å². The van der Waals surface area contributed by atoms with Gasteiger partial charge in [-0.15, -0.1) is 6.58 Å². The van der Waals surface area contributed by atoms with Crippen molar-refractivity contribution in [2.45, 2.75) is 110 Å². The Hall–Kier alpha value is -2.20. The summed E-state index contributed by atoms with van der Waals surface area (Å²) in [6.45, 7) is 24.4. The molecule has 0 bridgehead atoms. The van der Waals surface area contributed by atoms with E-state index in [0.29, 0.717) is 36.3 Å². The lowest BCUT2D eigenvalue weighted by atomic mass is 9.98. The van der Waals surface area contributed by atoms with Crippen molar-refractivity contribution in [3.63, 3.8) is 0 Å². The minimum absolute atomic E-state index is 0.0750. The first kappa shape index (κ1) is 36.0. The van der Waals surface area contributed by atoms with Gasteiger partial charge in [0.05, 0.1) is 32.0 Å². The highest BCUT2D eigenvalue weighted by molar-refractivity contribution is 6.77. The van der Waals surface area contributed by atoms with E-state index in [1.54, 1.807) is 7.11 Å². The lowest BCUT2D eigenvalue weighted by molar-refractivity contribution is -0.146. The van der Waals surface area contributed by atoms with Gasteiger partial charge >= 0.3 is 6.09 Å². The molecule has 4 atom stereocenters. The monoisotopic (exact) mass is 605 g/mol. The van der Waals surface area contributed by atoms with Crippen molar-refractivity contribution in [2.75, 3.05) is 26.9 Å². The highest BCUT2D eigenvalue weighted by atomic mass is 28.4. The van der Waals surface area contributed by atoms with Crippen molar-refractivity contribution >= 4 is 20.3 Å². The standard InChI is InChI=1S/C33H55NO7Si/c1-12-13-30(38-19-27-14-16-28(37-11)17-15-27)32(26(10)18-41-42(23(4)5,24(6)7)25(8)9)39-21-31(35)34-29(22(2)3)20-40-33(34)36/h12,14-17,22-26,29-30,32H,1,13,18-21H2,2-11H3/t26-,29-,30-,32+/m0/s1. The normalized spacial score (nSPS) is 18.1. The Kier molecular flexibility index (Phi) is 14.2. The van der Waals surface area contributed by atoms with Crippen molar-refractivity contribution in [1.82, 2.24) is 4.90 Å². The Bertz CT molecular complexity index is 973. The van der Waals surface area contributed by atoms with Crippen molar-refractivity contribution in [3.8, 4) is 5.75 Å². The molecule has 1 fully saturated rings. The molecule has 8 nitrogen and oxygen atoms in total. The summed E-state index contributed by atoms with van der Waals surface area (Å²) in [6.07, 6.45) is 0.873. The number of cyclic esters (lactones) is 1. The number of carbonyl (C=O) groups is 2. The molecule has 0 saturated carbocycles. The highest BCUT2D eigenvalue weighted by Crippen LogP contribution is 2.42. The van der Waals surface area contributed by atoms with Crippen LogP contribution >= 0.6 is 0 Å². The molecule has 0 N–H and O–H groups in total. The van der Waals surface area contributed by atoms with E-state index in [-0.39, 0.29) is 37.2 Å². The topological polar surface area (TPSA) is 83.5 Å². The minimum atomic E-state index is -2.13. The van der Waals surface area contributed by atoms with Crippen LogP contribution < -0.4 is 4.74 Å². The van der Waals surface area contributed by atoms with Gasteiger partial charge in [-0.05, 0) is 46.7 Å². The van der Waals surface area contributed by atoms with Crippen LogP contribution in [-0.4, -0.2) is 70.4 Å². The van der Waals surface area contributed by atoms with Crippen LogP contribution in [0.3, 0.4) is 0 Å². The number of hydrogen-bond acceptors (Lipinski definition) is 7. The van der Waals surface area contributed by atoms with E-state index >= 15 is 0 Å². The third-order valence-corrected chi connectivity index (χ3v) is 14.7. The Morgan fingerprint density at radius 2 is 1.62 bits per heavy atom. The van der Waals surface area contributed by atoms with E-state index in [0.717, 1.165) is 11.3 Å². The first-order valence-electron chi connectivity index (χ1n) is 15.4. The van der Waals surface area contributed by atoms with E-state index in [9.17, 15) is 9.59 Å². The Morgan fingerprint density at radius 1 is 1.02 bits per heavy atom. The fourth-order valence-corrected chi connectivity index (χ4v) is 11.9. The van der Waals surface area contributed by atoms with Gasteiger partial charge < -0.3 is 23.4 Å². The Labute approximate surface area is 255 Å². The smallest absolute Gasteiger partial charge is 0.417 e. The molecule has 0 unspecified atom stereocenters. The number of ether oxygens (including phenoxy) is 4. The van der Waals surface area contributed by atoms with E-state index in [4.69, 9.17) is 23.4 Å². The van der Waals surface area contributed by atoms with Gasteiger partial charge in [0.2, 0.25) is 0 Å². The number of methoxy groups -OCH3 is 1. The predicted octanol–water partition coefficient (Wildman–Crippen LogP) is 7.37. The molecule has 9 heteroatoms. The second kappa shape index (κ2) is 16.6. The molecule has 2 amide bonds. The fraction of sp³-hybridized carbons (Fsp3) is 0.697. The average molecular weight is 606 g/mol. The third-order valence-electron chi connectivity index (χ3n) is 8.60. The zero-order valence-corrected chi connectivity index (χ0v) is 28.6. The summed E-state index contributed by atoms with van der Waals surface area (Å²) < 4.78 is 30.2. The molecule has 1 heterocycles. The Morgan fingerprint density at radius 3 is 2.12 bits per heavy atom. The molecule has 1 aromatic carbocycles. The van der Waals surface area contributed by atoms with Gasteiger partial charge in [-0.1, -0.05) is 80.5 Å². The van der Waals surface area contributed by atoms with Crippen molar-refractivity contribution in [3.05, 3.63) is 42.5 Å². The lowest BCUT2D eigenvalue weighted by Gasteiger charge is -2.43. The number of carbonyl (C=O) groups excluding carboxylic acids is 2. The van der Waals surface area contributed by atoms with Crippen LogP contribution in [-0.2, 0) is 30.0 Å². The van der Waals surface area contributed by atoms with Gasteiger partial charge in [0.15, 0.2) is 8.32 Å². The summed E-state index contributed by atoms with van der Waals surface area (Å²) in [4.78, 5) is 26.9. The van der Waals surface area contributed by atoms with Gasteiger partial charge in [-0.3, -0.25) is 4.79 Å². The van der Waals surface area contributed by atoms with E-state index in [1.807, 2.05) is 44.2 Å². The number of amides is 2. The number of nitrogens with zero attached hydrogens (tertiary/aromatic N) is 1. The zero-order chi connectivity index (χ0) is 31.6. The summed E-state index contributed by atoms with van der Waals surface area (Å²) in [5.41, 5.74) is 2.31. The summed E-state index contributed by atoms with van der Waals surface area (Å²) in [6, 6.07) is 7.43. The predicted molar refractivity (Wildman–Crippen MR) is 169 cm³/mol. The summed E-state index contributed by atoms with van der Waals surface area (Å²) in [7, 11) is -0.493. The Balaban J connectivity index is 2.30. The van der Waals surface area contributed by atoms with Crippen LogP contribution in [0.5, 0.6) is 5.75 Å². The largest absolute Gasteiger partial charge is 0.497 e. The molecule has 1 aliphatic heterocycles. The summed E-state index contributed by atoms with van der Waals surface area (Å²) in [5.74, 6) is 0.358. The SMILES string of the molecule is C=CC[C@H](OCc1ccc(OC)cc1)[C@H](OCC(=O)N1C(=O)OC[C@H]1C(C)C)[C@@H](C)CO[Si](C(C)C)(C(C)C)C(C)C. The molecule has 2 rings (SSSR count). The van der Waals surface area contributed by atoms with Crippen LogP contribution in [0.4, 0.5) is 4.79 Å². The molecule has 0 aliphatic carbocycles. The number of imide groups is 1. The first-order valence-corrected chi connectivity index (χ1v) is 17.5. The number of rotatable bonds is 18. The second-order valence-electron chi connectivity index (χ2n) is 12.8. The maximum Gasteiger partial charge on any atom is 0.417 e. The van der Waals surface area contributed by atoms with Crippen molar-refractivity contribution in [1.29, 1.82) is 0 Å². The third kappa shape index (κ3) is 8.91. The summed E-state index contributed by atoms with van der Waals surface area (Å²) >= 11 is 0. The molecule has 0 aromatic heterocycles. The van der Waals surface area contributed by atoms with E-state index in [2.05, 4.69) is 55.0 Å². The van der Waals surface area contributed by atoms with Crippen LogP contribution in [0, 0.1) is 11.8 Å². The minimum Gasteiger partial charge on any atom is -0.497 e. The average Bonchev–Trinajstić information content (AvgIpc) is 3.33. The van der Waals surface area contributed by atoms with Crippen LogP contribution in [0.15, 0.2) is 36.9 Å². The van der Waals surface area contributed by atoms with Crippen LogP contribution in [0.2, 0.25) is 16.6 Å².